The summed E-state index contributed by atoms with van der Waals surface area (Å²) in [4.78, 5) is 21.6. The first-order valence-corrected chi connectivity index (χ1v) is 10.1. The van der Waals surface area contributed by atoms with Crippen molar-refractivity contribution in [3.8, 4) is 0 Å². The fourth-order valence-corrected chi connectivity index (χ4v) is 3.97. The summed E-state index contributed by atoms with van der Waals surface area (Å²) in [5.41, 5.74) is 2.82. The van der Waals surface area contributed by atoms with Crippen molar-refractivity contribution < 1.29 is 4.79 Å². The standard InChI is InChI=1S/C21H32N4O/c1-3-22-21(24-15-12-18-9-4-5-10-19(18)16-24)23-13-11-20(26)25-14-7-6-8-17(25)2/h4-5,9-10,17H,3,6-8,11-16H2,1-2H3,(H,22,23). The summed E-state index contributed by atoms with van der Waals surface area (Å²) < 4.78 is 0. The molecule has 5 nitrogen and oxygen atoms in total. The lowest BCUT2D eigenvalue weighted by atomic mass is 10.0. The summed E-state index contributed by atoms with van der Waals surface area (Å²) in [5, 5.41) is 3.40. The van der Waals surface area contributed by atoms with Crippen LogP contribution in [0.4, 0.5) is 0 Å². The maximum atomic E-state index is 12.5. The third-order valence-electron chi connectivity index (χ3n) is 5.48. The van der Waals surface area contributed by atoms with Crippen LogP contribution in [0.1, 0.15) is 50.7 Å². The van der Waals surface area contributed by atoms with Gasteiger partial charge in [0.15, 0.2) is 5.96 Å². The fraction of sp³-hybridized carbons (Fsp3) is 0.619. The highest BCUT2D eigenvalue weighted by atomic mass is 16.2. The van der Waals surface area contributed by atoms with Gasteiger partial charge in [-0.05, 0) is 50.7 Å². The van der Waals surface area contributed by atoms with Gasteiger partial charge in [-0.15, -0.1) is 0 Å². The van der Waals surface area contributed by atoms with Crippen LogP contribution in [0.25, 0.3) is 0 Å². The molecule has 0 aliphatic carbocycles. The number of amides is 1. The van der Waals surface area contributed by atoms with Gasteiger partial charge in [0.05, 0.1) is 6.54 Å². The predicted molar refractivity (Wildman–Crippen MR) is 106 cm³/mol. The van der Waals surface area contributed by atoms with Crippen molar-refractivity contribution in [2.45, 2.75) is 58.5 Å². The molecule has 2 aliphatic rings. The van der Waals surface area contributed by atoms with E-state index in [0.29, 0.717) is 19.0 Å². The molecule has 26 heavy (non-hydrogen) atoms. The van der Waals surface area contributed by atoms with Crippen molar-refractivity contribution in [3.63, 3.8) is 0 Å². The van der Waals surface area contributed by atoms with Gasteiger partial charge in [0.25, 0.3) is 0 Å². The average molecular weight is 357 g/mol. The van der Waals surface area contributed by atoms with Crippen LogP contribution in [0.5, 0.6) is 0 Å². The van der Waals surface area contributed by atoms with Crippen LogP contribution >= 0.6 is 0 Å². The molecule has 3 rings (SSSR count). The minimum absolute atomic E-state index is 0.251. The van der Waals surface area contributed by atoms with E-state index in [1.54, 1.807) is 0 Å². The van der Waals surface area contributed by atoms with Gasteiger partial charge in [-0.25, -0.2) is 0 Å². The number of nitrogens with zero attached hydrogens (tertiary/aromatic N) is 3. The summed E-state index contributed by atoms with van der Waals surface area (Å²) in [6.45, 7) is 8.42. The first-order chi connectivity index (χ1) is 12.7. The molecule has 1 aromatic carbocycles. The Morgan fingerprint density at radius 1 is 1.23 bits per heavy atom. The van der Waals surface area contributed by atoms with E-state index < -0.39 is 0 Å². The Morgan fingerprint density at radius 3 is 2.81 bits per heavy atom. The second kappa shape index (κ2) is 9.06. The number of hydrogen-bond acceptors (Lipinski definition) is 2. The lowest BCUT2D eigenvalue weighted by Crippen LogP contribution is -2.44. The second-order valence-electron chi connectivity index (χ2n) is 7.36. The minimum Gasteiger partial charge on any atom is -0.357 e. The number of piperidine rings is 1. The minimum atomic E-state index is 0.251. The summed E-state index contributed by atoms with van der Waals surface area (Å²) in [6.07, 6.45) is 5.05. The Balaban J connectivity index is 1.58. The van der Waals surface area contributed by atoms with E-state index in [0.717, 1.165) is 51.4 Å². The van der Waals surface area contributed by atoms with Crippen molar-refractivity contribution >= 4 is 11.9 Å². The fourth-order valence-electron chi connectivity index (χ4n) is 3.97. The lowest BCUT2D eigenvalue weighted by molar-refractivity contribution is -0.134. The number of fused-ring (bicyclic) bond motifs is 1. The number of nitrogens with one attached hydrogen (secondary N) is 1. The second-order valence-corrected chi connectivity index (χ2v) is 7.36. The number of rotatable bonds is 4. The SMILES string of the molecule is CCNC(=NCCC(=O)N1CCCCC1C)N1CCc2ccccc2C1. The normalized spacial score (nSPS) is 20.7. The molecule has 0 bridgehead atoms. The zero-order valence-electron chi connectivity index (χ0n) is 16.2. The van der Waals surface area contributed by atoms with Crippen LogP contribution in [0, 0.1) is 0 Å². The van der Waals surface area contributed by atoms with Gasteiger partial charge < -0.3 is 15.1 Å². The van der Waals surface area contributed by atoms with E-state index in [1.807, 2.05) is 4.90 Å². The molecule has 1 unspecified atom stereocenters. The van der Waals surface area contributed by atoms with Gasteiger partial charge in [-0.3, -0.25) is 9.79 Å². The maximum Gasteiger partial charge on any atom is 0.224 e. The smallest absolute Gasteiger partial charge is 0.224 e. The molecule has 1 amide bonds. The first-order valence-electron chi connectivity index (χ1n) is 10.1. The topological polar surface area (TPSA) is 47.9 Å². The zero-order valence-corrected chi connectivity index (χ0v) is 16.2. The van der Waals surface area contributed by atoms with Gasteiger partial charge in [0.1, 0.15) is 0 Å². The highest BCUT2D eigenvalue weighted by Crippen LogP contribution is 2.19. The van der Waals surface area contributed by atoms with Gasteiger partial charge in [0.2, 0.25) is 5.91 Å². The molecule has 2 heterocycles. The van der Waals surface area contributed by atoms with E-state index >= 15 is 0 Å². The Morgan fingerprint density at radius 2 is 2.04 bits per heavy atom. The van der Waals surface area contributed by atoms with E-state index in [1.165, 1.54) is 17.5 Å². The number of hydrogen-bond donors (Lipinski definition) is 1. The monoisotopic (exact) mass is 356 g/mol. The lowest BCUT2D eigenvalue weighted by Gasteiger charge is -2.33. The summed E-state index contributed by atoms with van der Waals surface area (Å²) >= 11 is 0. The van der Waals surface area contributed by atoms with Crippen molar-refractivity contribution in [1.82, 2.24) is 15.1 Å². The predicted octanol–water partition coefficient (Wildman–Crippen LogP) is 2.80. The number of carbonyl (C=O) groups is 1. The Bertz CT molecular complexity index is 643. The van der Waals surface area contributed by atoms with Crippen LogP contribution < -0.4 is 5.32 Å². The Hall–Kier alpha value is -2.04. The summed E-state index contributed by atoms with van der Waals surface area (Å²) in [7, 11) is 0. The van der Waals surface area contributed by atoms with Gasteiger partial charge in [0, 0.05) is 38.6 Å². The number of likely N-dealkylation sites (tertiary alicyclic amines) is 1. The largest absolute Gasteiger partial charge is 0.357 e. The Kier molecular flexibility index (Phi) is 6.53. The number of carbonyl (C=O) groups excluding carboxylic acids is 1. The quantitative estimate of drug-likeness (QED) is 0.667. The number of aliphatic imine (C=N–C) groups is 1. The average Bonchev–Trinajstić information content (AvgIpc) is 2.67. The van der Waals surface area contributed by atoms with Crippen molar-refractivity contribution in [2.24, 2.45) is 4.99 Å². The van der Waals surface area contributed by atoms with E-state index in [4.69, 9.17) is 4.99 Å². The number of benzene rings is 1. The molecular weight excluding hydrogens is 324 g/mol. The molecule has 1 saturated heterocycles. The van der Waals surface area contributed by atoms with Crippen LogP contribution in [0.3, 0.4) is 0 Å². The first kappa shape index (κ1) is 18.7. The van der Waals surface area contributed by atoms with E-state index in [-0.39, 0.29) is 5.91 Å². The zero-order chi connectivity index (χ0) is 18.4. The van der Waals surface area contributed by atoms with Crippen molar-refractivity contribution in [1.29, 1.82) is 0 Å². The van der Waals surface area contributed by atoms with Gasteiger partial charge in [-0.2, -0.15) is 0 Å². The van der Waals surface area contributed by atoms with Gasteiger partial charge in [-0.1, -0.05) is 24.3 Å². The van der Waals surface area contributed by atoms with Crippen molar-refractivity contribution in [2.75, 3.05) is 26.2 Å². The summed E-state index contributed by atoms with van der Waals surface area (Å²) in [5.74, 6) is 1.18. The third-order valence-corrected chi connectivity index (χ3v) is 5.48. The Labute approximate surface area is 157 Å². The molecule has 142 valence electrons. The van der Waals surface area contributed by atoms with Gasteiger partial charge >= 0.3 is 0 Å². The molecule has 0 aromatic heterocycles. The molecule has 0 saturated carbocycles. The van der Waals surface area contributed by atoms with Crippen LogP contribution in [-0.2, 0) is 17.8 Å². The molecule has 1 atom stereocenters. The molecule has 5 heteroatoms. The molecule has 1 fully saturated rings. The molecule has 1 N–H and O–H groups in total. The van der Waals surface area contributed by atoms with Crippen LogP contribution in [0.15, 0.2) is 29.3 Å². The molecule has 0 radical (unpaired) electrons. The van der Waals surface area contributed by atoms with E-state index in [2.05, 4.69) is 48.3 Å². The molecular formula is C21H32N4O. The van der Waals surface area contributed by atoms with Crippen LogP contribution in [-0.4, -0.2) is 53.9 Å². The molecule has 0 spiro atoms. The third kappa shape index (κ3) is 4.57. The summed E-state index contributed by atoms with van der Waals surface area (Å²) in [6, 6.07) is 9.01. The highest BCUT2D eigenvalue weighted by molar-refractivity contribution is 5.81. The van der Waals surface area contributed by atoms with E-state index in [9.17, 15) is 4.79 Å². The van der Waals surface area contributed by atoms with Crippen molar-refractivity contribution in [3.05, 3.63) is 35.4 Å². The molecule has 2 aliphatic heterocycles. The molecule has 1 aromatic rings. The number of guanidine groups is 1. The maximum absolute atomic E-state index is 12.5. The van der Waals surface area contributed by atoms with Crippen LogP contribution in [0.2, 0.25) is 0 Å². The highest BCUT2D eigenvalue weighted by Gasteiger charge is 2.23.